The smallest absolute Gasteiger partial charge is 0.241 e. The van der Waals surface area contributed by atoms with Gasteiger partial charge in [-0.25, -0.2) is 0 Å². The molecule has 2 aromatic carbocycles. The van der Waals surface area contributed by atoms with Crippen molar-refractivity contribution in [1.82, 2.24) is 5.32 Å². The zero-order chi connectivity index (χ0) is 19.0. The van der Waals surface area contributed by atoms with Crippen molar-refractivity contribution in [3.63, 3.8) is 0 Å². The molecule has 1 atom stereocenters. The number of ether oxygens (including phenoxy) is 2. The standard InChI is InChI=1S/C22H26N2O3/c1-22(2,3)16-5-4-14-11-18(23-13-15(14)10-16)21(25)24-17-6-7-19-20(12-17)27-9-8-26-19/h4-7,10,12,18,23H,8-9,11,13H2,1-3H3,(H,24,25). The van der Waals surface area contributed by atoms with Gasteiger partial charge in [-0.2, -0.15) is 0 Å². The number of nitrogens with one attached hydrogen (secondary N) is 2. The van der Waals surface area contributed by atoms with Gasteiger partial charge in [0.2, 0.25) is 5.91 Å². The normalized spacial score (nSPS) is 18.6. The number of hydrogen-bond donors (Lipinski definition) is 2. The number of carbonyl (C=O) groups is 1. The first-order valence-electron chi connectivity index (χ1n) is 9.46. The Morgan fingerprint density at radius 2 is 1.81 bits per heavy atom. The average Bonchev–Trinajstić information content (AvgIpc) is 2.66. The van der Waals surface area contributed by atoms with E-state index >= 15 is 0 Å². The molecule has 0 bridgehead atoms. The molecule has 0 aliphatic carbocycles. The molecule has 2 aromatic rings. The molecular formula is C22H26N2O3. The molecule has 142 valence electrons. The minimum absolute atomic E-state index is 0.0303. The summed E-state index contributed by atoms with van der Waals surface area (Å²) in [6, 6.07) is 11.9. The van der Waals surface area contributed by atoms with Crippen LogP contribution in [0.1, 0.15) is 37.5 Å². The van der Waals surface area contributed by atoms with E-state index in [0.29, 0.717) is 31.9 Å². The van der Waals surface area contributed by atoms with E-state index in [1.165, 1.54) is 16.7 Å². The molecule has 0 fully saturated rings. The van der Waals surface area contributed by atoms with Gasteiger partial charge in [0, 0.05) is 18.3 Å². The third-order valence-corrected chi connectivity index (χ3v) is 5.16. The third kappa shape index (κ3) is 3.78. The maximum absolute atomic E-state index is 12.7. The van der Waals surface area contributed by atoms with E-state index < -0.39 is 0 Å². The van der Waals surface area contributed by atoms with Gasteiger partial charge in [0.25, 0.3) is 0 Å². The maximum Gasteiger partial charge on any atom is 0.241 e. The Morgan fingerprint density at radius 3 is 2.59 bits per heavy atom. The second-order valence-corrected chi connectivity index (χ2v) is 8.22. The van der Waals surface area contributed by atoms with Crippen LogP contribution in [0.15, 0.2) is 36.4 Å². The monoisotopic (exact) mass is 366 g/mol. The van der Waals surface area contributed by atoms with Crippen molar-refractivity contribution in [2.45, 2.75) is 45.2 Å². The molecule has 2 aliphatic rings. The van der Waals surface area contributed by atoms with E-state index in [1.54, 1.807) is 0 Å². The molecule has 0 saturated carbocycles. The van der Waals surface area contributed by atoms with Crippen LogP contribution < -0.4 is 20.1 Å². The Hall–Kier alpha value is -2.53. The van der Waals surface area contributed by atoms with Crippen molar-refractivity contribution < 1.29 is 14.3 Å². The zero-order valence-electron chi connectivity index (χ0n) is 16.1. The third-order valence-electron chi connectivity index (χ3n) is 5.16. The molecule has 1 amide bonds. The molecule has 4 rings (SSSR count). The molecule has 0 saturated heterocycles. The molecule has 2 N–H and O–H groups in total. The van der Waals surface area contributed by atoms with E-state index in [9.17, 15) is 4.79 Å². The number of benzene rings is 2. The van der Waals surface area contributed by atoms with Crippen molar-refractivity contribution in [2.24, 2.45) is 0 Å². The summed E-state index contributed by atoms with van der Waals surface area (Å²) >= 11 is 0. The topological polar surface area (TPSA) is 59.6 Å². The lowest BCUT2D eigenvalue weighted by atomic mass is 9.83. The Bertz CT molecular complexity index is 870. The van der Waals surface area contributed by atoms with Crippen LogP contribution in [-0.4, -0.2) is 25.2 Å². The highest BCUT2D eigenvalue weighted by Crippen LogP contribution is 2.33. The number of carbonyl (C=O) groups excluding carboxylic acids is 1. The first kappa shape index (κ1) is 17.9. The van der Waals surface area contributed by atoms with Gasteiger partial charge in [0.15, 0.2) is 11.5 Å². The molecule has 5 heteroatoms. The first-order valence-corrected chi connectivity index (χ1v) is 9.46. The molecule has 2 heterocycles. The summed E-state index contributed by atoms with van der Waals surface area (Å²) in [6.45, 7) is 8.44. The number of rotatable bonds is 2. The van der Waals surface area contributed by atoms with Crippen LogP contribution in [0.3, 0.4) is 0 Å². The Balaban J connectivity index is 1.45. The van der Waals surface area contributed by atoms with Gasteiger partial charge in [-0.15, -0.1) is 0 Å². The summed E-state index contributed by atoms with van der Waals surface area (Å²) in [4.78, 5) is 12.7. The van der Waals surface area contributed by atoms with Crippen LogP contribution >= 0.6 is 0 Å². The maximum atomic E-state index is 12.7. The lowest BCUT2D eigenvalue weighted by molar-refractivity contribution is -0.118. The molecule has 5 nitrogen and oxygen atoms in total. The van der Waals surface area contributed by atoms with Crippen molar-refractivity contribution in [3.8, 4) is 11.5 Å². The van der Waals surface area contributed by atoms with Gasteiger partial charge in [0.05, 0.1) is 6.04 Å². The zero-order valence-corrected chi connectivity index (χ0v) is 16.1. The van der Waals surface area contributed by atoms with Crippen LogP contribution in [-0.2, 0) is 23.2 Å². The Morgan fingerprint density at radius 1 is 1.04 bits per heavy atom. The SMILES string of the molecule is CC(C)(C)c1ccc2c(c1)CNC(C(=O)Nc1ccc3c(c1)OCCO3)C2. The van der Waals surface area contributed by atoms with Crippen LogP contribution in [0.2, 0.25) is 0 Å². The highest BCUT2D eigenvalue weighted by atomic mass is 16.6. The molecule has 0 spiro atoms. The average molecular weight is 366 g/mol. The van der Waals surface area contributed by atoms with Crippen LogP contribution in [0.5, 0.6) is 11.5 Å². The van der Waals surface area contributed by atoms with Crippen molar-refractivity contribution >= 4 is 11.6 Å². The summed E-state index contributed by atoms with van der Waals surface area (Å²) in [5.74, 6) is 1.37. The summed E-state index contributed by atoms with van der Waals surface area (Å²) in [6.07, 6.45) is 0.691. The fraction of sp³-hybridized carbons (Fsp3) is 0.409. The van der Waals surface area contributed by atoms with E-state index in [2.05, 4.69) is 49.6 Å². The number of fused-ring (bicyclic) bond motifs is 2. The molecular weight excluding hydrogens is 340 g/mol. The molecule has 0 radical (unpaired) electrons. The number of amides is 1. The van der Waals surface area contributed by atoms with E-state index in [0.717, 1.165) is 11.4 Å². The van der Waals surface area contributed by atoms with Gasteiger partial charge in [-0.3, -0.25) is 4.79 Å². The summed E-state index contributed by atoms with van der Waals surface area (Å²) in [7, 11) is 0. The summed E-state index contributed by atoms with van der Waals surface area (Å²) in [5, 5.41) is 6.36. The fourth-order valence-corrected chi connectivity index (χ4v) is 3.52. The lowest BCUT2D eigenvalue weighted by Gasteiger charge is -2.28. The summed E-state index contributed by atoms with van der Waals surface area (Å²) < 4.78 is 11.1. The minimum Gasteiger partial charge on any atom is -0.486 e. The van der Waals surface area contributed by atoms with Crippen molar-refractivity contribution in [3.05, 3.63) is 53.1 Å². The van der Waals surface area contributed by atoms with Crippen LogP contribution in [0.25, 0.3) is 0 Å². The Kier molecular flexibility index (Phi) is 4.56. The molecule has 2 aliphatic heterocycles. The highest BCUT2D eigenvalue weighted by molar-refractivity contribution is 5.95. The summed E-state index contributed by atoms with van der Waals surface area (Å²) in [5.41, 5.74) is 4.69. The van der Waals surface area contributed by atoms with Gasteiger partial charge in [-0.05, 0) is 40.7 Å². The van der Waals surface area contributed by atoms with E-state index in [-0.39, 0.29) is 17.4 Å². The van der Waals surface area contributed by atoms with Crippen LogP contribution in [0, 0.1) is 0 Å². The molecule has 1 unspecified atom stereocenters. The predicted molar refractivity (Wildman–Crippen MR) is 106 cm³/mol. The lowest BCUT2D eigenvalue weighted by Crippen LogP contribution is -2.44. The molecule has 27 heavy (non-hydrogen) atoms. The van der Waals surface area contributed by atoms with Gasteiger partial charge in [0.1, 0.15) is 13.2 Å². The second-order valence-electron chi connectivity index (χ2n) is 8.22. The van der Waals surface area contributed by atoms with Crippen molar-refractivity contribution in [1.29, 1.82) is 0 Å². The first-order chi connectivity index (χ1) is 12.9. The van der Waals surface area contributed by atoms with Gasteiger partial charge in [-0.1, -0.05) is 39.0 Å². The minimum atomic E-state index is -0.244. The number of anilines is 1. The second kappa shape index (κ2) is 6.89. The van der Waals surface area contributed by atoms with Gasteiger partial charge >= 0.3 is 0 Å². The largest absolute Gasteiger partial charge is 0.486 e. The van der Waals surface area contributed by atoms with Gasteiger partial charge < -0.3 is 20.1 Å². The quantitative estimate of drug-likeness (QED) is 0.855. The predicted octanol–water partition coefficient (Wildman–Crippen LogP) is 3.41. The van der Waals surface area contributed by atoms with E-state index in [1.807, 2.05) is 18.2 Å². The number of hydrogen-bond acceptors (Lipinski definition) is 4. The highest BCUT2D eigenvalue weighted by Gasteiger charge is 2.26. The van der Waals surface area contributed by atoms with Crippen LogP contribution in [0.4, 0.5) is 5.69 Å². The van der Waals surface area contributed by atoms with Crippen molar-refractivity contribution in [2.75, 3.05) is 18.5 Å². The Labute approximate surface area is 160 Å². The van der Waals surface area contributed by atoms with E-state index in [4.69, 9.17) is 9.47 Å². The fourth-order valence-electron chi connectivity index (χ4n) is 3.52. The molecule has 0 aromatic heterocycles.